The van der Waals surface area contributed by atoms with E-state index in [2.05, 4.69) is 20.8 Å². The molecule has 0 atom stereocenters. The van der Waals surface area contributed by atoms with Crippen molar-refractivity contribution >= 4 is 14.0 Å². The van der Waals surface area contributed by atoms with Gasteiger partial charge in [-0.05, 0) is 30.3 Å². The molecule has 0 aliphatic carbocycles. The summed E-state index contributed by atoms with van der Waals surface area (Å²) in [5, 5.41) is 10.5. The summed E-state index contributed by atoms with van der Waals surface area (Å²) < 4.78 is 6.10. The van der Waals surface area contributed by atoms with Crippen LogP contribution in [0.15, 0.2) is 24.3 Å². The van der Waals surface area contributed by atoms with Gasteiger partial charge < -0.3 is 4.43 Å². The molecule has 1 rings (SSSR count). The van der Waals surface area contributed by atoms with Crippen molar-refractivity contribution in [3.05, 3.63) is 34.4 Å². The number of rotatable bonds is 6. The van der Waals surface area contributed by atoms with Crippen LogP contribution in [0.3, 0.4) is 0 Å². The van der Waals surface area contributed by atoms with E-state index in [1.807, 2.05) is 0 Å². The van der Waals surface area contributed by atoms with E-state index in [4.69, 9.17) is 4.43 Å². The molecule has 0 aliphatic rings. The highest BCUT2D eigenvalue weighted by molar-refractivity contribution is 6.74. The first-order chi connectivity index (χ1) is 8.06. The summed E-state index contributed by atoms with van der Waals surface area (Å²) >= 11 is 0. The second kappa shape index (κ2) is 5.81. The topological polar surface area (TPSA) is 52.4 Å². The first kappa shape index (κ1) is 13.7. The Hall–Kier alpha value is -1.36. The third-order valence-corrected chi connectivity index (χ3v) is 7.85. The van der Waals surface area contributed by atoms with E-state index in [1.54, 1.807) is 12.1 Å². The Morgan fingerprint density at radius 2 is 1.59 bits per heavy atom. The molecule has 0 saturated heterocycles. The van der Waals surface area contributed by atoms with Crippen molar-refractivity contribution < 1.29 is 9.35 Å². The third kappa shape index (κ3) is 3.29. The number of hydrogen-bond acceptors (Lipinski definition) is 3. The fourth-order valence-electron chi connectivity index (χ4n) is 1.85. The Morgan fingerprint density at radius 1 is 1.12 bits per heavy atom. The van der Waals surface area contributed by atoms with Gasteiger partial charge in [-0.3, -0.25) is 10.1 Å². The highest BCUT2D eigenvalue weighted by atomic mass is 28.4. The number of nitro groups is 1. The SMILES string of the molecule is CC[Si](CC)(CC)Oc1ccc([N+](=O)[O-])cc1. The summed E-state index contributed by atoms with van der Waals surface area (Å²) in [6, 6.07) is 9.58. The number of benzene rings is 1. The molecular weight excluding hydrogens is 234 g/mol. The molecular formula is C12H19NO3Si. The summed E-state index contributed by atoms with van der Waals surface area (Å²) in [7, 11) is -1.67. The largest absolute Gasteiger partial charge is 0.544 e. The second-order valence-electron chi connectivity index (χ2n) is 4.10. The molecule has 0 radical (unpaired) electrons. The maximum atomic E-state index is 10.5. The Balaban J connectivity index is 2.84. The fourth-order valence-corrected chi connectivity index (χ4v) is 4.42. The molecule has 0 heterocycles. The number of non-ortho nitro benzene ring substituents is 1. The minimum absolute atomic E-state index is 0.106. The van der Waals surface area contributed by atoms with Crippen molar-refractivity contribution in [2.24, 2.45) is 0 Å². The molecule has 0 saturated carbocycles. The van der Waals surface area contributed by atoms with Crippen LogP contribution in [0.4, 0.5) is 5.69 Å². The second-order valence-corrected chi connectivity index (χ2v) is 8.79. The lowest BCUT2D eigenvalue weighted by molar-refractivity contribution is -0.384. The minimum Gasteiger partial charge on any atom is -0.544 e. The molecule has 5 heteroatoms. The molecule has 1 aromatic carbocycles. The quantitative estimate of drug-likeness (QED) is 0.438. The fraction of sp³-hybridized carbons (Fsp3) is 0.500. The van der Waals surface area contributed by atoms with Gasteiger partial charge >= 0.3 is 0 Å². The van der Waals surface area contributed by atoms with E-state index >= 15 is 0 Å². The Kier molecular flexibility index (Phi) is 4.69. The number of hydrogen-bond donors (Lipinski definition) is 0. The van der Waals surface area contributed by atoms with E-state index in [1.165, 1.54) is 12.1 Å². The van der Waals surface area contributed by atoms with Crippen molar-refractivity contribution in [2.45, 2.75) is 38.9 Å². The first-order valence-electron chi connectivity index (χ1n) is 6.00. The van der Waals surface area contributed by atoms with Gasteiger partial charge in [0.25, 0.3) is 5.69 Å². The summed E-state index contributed by atoms with van der Waals surface area (Å²) in [5.41, 5.74) is 0.106. The van der Waals surface area contributed by atoms with Crippen LogP contribution in [0.1, 0.15) is 20.8 Å². The van der Waals surface area contributed by atoms with Crippen molar-refractivity contribution in [3.8, 4) is 5.75 Å². The molecule has 0 spiro atoms. The lowest BCUT2D eigenvalue weighted by Gasteiger charge is -2.28. The van der Waals surface area contributed by atoms with Crippen LogP contribution in [0, 0.1) is 10.1 Å². The van der Waals surface area contributed by atoms with E-state index < -0.39 is 13.2 Å². The zero-order chi connectivity index (χ0) is 12.9. The molecule has 0 aliphatic heterocycles. The first-order valence-corrected chi connectivity index (χ1v) is 8.53. The molecule has 0 N–H and O–H groups in total. The normalized spacial score (nSPS) is 11.2. The van der Waals surface area contributed by atoms with Crippen LogP contribution >= 0.6 is 0 Å². The maximum absolute atomic E-state index is 10.5. The number of nitrogens with zero attached hydrogens (tertiary/aromatic N) is 1. The van der Waals surface area contributed by atoms with Crippen LogP contribution < -0.4 is 4.43 Å². The third-order valence-electron chi connectivity index (χ3n) is 3.31. The van der Waals surface area contributed by atoms with Gasteiger partial charge in [-0.25, -0.2) is 0 Å². The lowest BCUT2D eigenvalue weighted by atomic mass is 10.3. The van der Waals surface area contributed by atoms with Crippen LogP contribution in [-0.2, 0) is 0 Å². The summed E-state index contributed by atoms with van der Waals surface area (Å²) in [6.07, 6.45) is 0. The van der Waals surface area contributed by atoms with Crippen molar-refractivity contribution in [2.75, 3.05) is 0 Å². The molecule has 0 unspecified atom stereocenters. The maximum Gasteiger partial charge on any atom is 0.269 e. The molecule has 0 amide bonds. The average molecular weight is 253 g/mol. The predicted molar refractivity (Wildman–Crippen MR) is 70.9 cm³/mol. The minimum atomic E-state index is -1.67. The van der Waals surface area contributed by atoms with Gasteiger partial charge in [0.1, 0.15) is 5.75 Å². The Bertz CT molecular complexity index is 366. The highest BCUT2D eigenvalue weighted by Crippen LogP contribution is 2.26. The summed E-state index contributed by atoms with van der Waals surface area (Å²) in [5.74, 6) is 0.757. The average Bonchev–Trinajstić information content (AvgIpc) is 2.37. The molecule has 0 bridgehead atoms. The van der Waals surface area contributed by atoms with Gasteiger partial charge in [-0.15, -0.1) is 0 Å². The van der Waals surface area contributed by atoms with Crippen LogP contribution in [0.2, 0.25) is 18.1 Å². The van der Waals surface area contributed by atoms with E-state index in [9.17, 15) is 10.1 Å². The van der Waals surface area contributed by atoms with Crippen LogP contribution in [0.25, 0.3) is 0 Å². The molecule has 17 heavy (non-hydrogen) atoms. The van der Waals surface area contributed by atoms with E-state index in [0.29, 0.717) is 0 Å². The highest BCUT2D eigenvalue weighted by Gasteiger charge is 2.30. The van der Waals surface area contributed by atoms with E-state index in [0.717, 1.165) is 23.9 Å². The van der Waals surface area contributed by atoms with Crippen molar-refractivity contribution in [1.82, 2.24) is 0 Å². The summed E-state index contributed by atoms with van der Waals surface area (Å²) in [4.78, 5) is 10.1. The number of nitro benzene ring substituents is 1. The van der Waals surface area contributed by atoms with E-state index in [-0.39, 0.29) is 5.69 Å². The standard InChI is InChI=1S/C12H19NO3Si/c1-4-17(5-2,6-3)16-12-9-7-11(8-10-12)13(14)15/h7-10H,4-6H2,1-3H3. The van der Waals surface area contributed by atoms with Crippen molar-refractivity contribution in [3.63, 3.8) is 0 Å². The van der Waals surface area contributed by atoms with Gasteiger partial charge in [0, 0.05) is 12.1 Å². The molecule has 0 fully saturated rings. The Morgan fingerprint density at radius 3 is 1.94 bits per heavy atom. The zero-order valence-corrected chi connectivity index (χ0v) is 11.6. The van der Waals surface area contributed by atoms with Gasteiger partial charge in [0.15, 0.2) is 0 Å². The van der Waals surface area contributed by atoms with Gasteiger partial charge in [0.05, 0.1) is 4.92 Å². The summed E-state index contributed by atoms with van der Waals surface area (Å²) in [6.45, 7) is 6.47. The molecule has 4 nitrogen and oxygen atoms in total. The van der Waals surface area contributed by atoms with Gasteiger partial charge in [0.2, 0.25) is 8.32 Å². The lowest BCUT2D eigenvalue weighted by Crippen LogP contribution is -2.39. The van der Waals surface area contributed by atoms with Crippen LogP contribution in [0.5, 0.6) is 5.75 Å². The van der Waals surface area contributed by atoms with Gasteiger partial charge in [-0.2, -0.15) is 0 Å². The van der Waals surface area contributed by atoms with Gasteiger partial charge in [-0.1, -0.05) is 20.8 Å². The monoisotopic (exact) mass is 253 g/mol. The smallest absolute Gasteiger partial charge is 0.269 e. The zero-order valence-electron chi connectivity index (χ0n) is 10.6. The molecule has 1 aromatic rings. The van der Waals surface area contributed by atoms with Crippen molar-refractivity contribution in [1.29, 1.82) is 0 Å². The molecule has 94 valence electrons. The molecule has 0 aromatic heterocycles. The predicted octanol–water partition coefficient (Wildman–Crippen LogP) is 3.98. The Labute approximate surface area is 103 Å². The van der Waals surface area contributed by atoms with Crippen LogP contribution in [-0.4, -0.2) is 13.2 Å².